The van der Waals surface area contributed by atoms with Gasteiger partial charge < -0.3 is 9.80 Å². The molecule has 0 N–H and O–H groups in total. The van der Waals surface area contributed by atoms with Gasteiger partial charge in [0, 0.05) is 19.1 Å². The Morgan fingerprint density at radius 1 is 1.44 bits per heavy atom. The molecule has 96 valence electrons. The van der Waals surface area contributed by atoms with Gasteiger partial charge in [0.1, 0.15) is 11.9 Å². The van der Waals surface area contributed by atoms with Gasteiger partial charge in [-0.3, -0.25) is 0 Å². The predicted molar refractivity (Wildman–Crippen MR) is 70.0 cm³/mol. The van der Waals surface area contributed by atoms with Crippen molar-refractivity contribution in [2.24, 2.45) is 0 Å². The van der Waals surface area contributed by atoms with Crippen LogP contribution in [0.3, 0.4) is 0 Å². The topological polar surface area (TPSA) is 30.3 Å². The lowest BCUT2D eigenvalue weighted by Gasteiger charge is -2.37. The molecule has 2 rings (SSSR count). The van der Waals surface area contributed by atoms with Gasteiger partial charge in [0.25, 0.3) is 0 Å². The van der Waals surface area contributed by atoms with Gasteiger partial charge in [0.15, 0.2) is 0 Å². The van der Waals surface area contributed by atoms with E-state index >= 15 is 0 Å². The summed E-state index contributed by atoms with van der Waals surface area (Å²) in [6, 6.07) is 7.03. The Labute approximate surface area is 107 Å². The van der Waals surface area contributed by atoms with Crippen molar-refractivity contribution in [3.63, 3.8) is 0 Å². The lowest BCUT2D eigenvalue weighted by Crippen LogP contribution is -2.45. The third-order valence-electron chi connectivity index (χ3n) is 3.55. The Morgan fingerprint density at radius 2 is 2.22 bits per heavy atom. The average Bonchev–Trinajstić information content (AvgIpc) is 2.38. The SMILES string of the molecule is CN(C)C1CCCN(c2ccc(F)cc2C#N)C1. The first-order valence-electron chi connectivity index (χ1n) is 6.23. The van der Waals surface area contributed by atoms with Gasteiger partial charge in [0.2, 0.25) is 0 Å². The number of nitrogens with zero attached hydrogens (tertiary/aromatic N) is 3. The van der Waals surface area contributed by atoms with Crippen LogP contribution in [0.4, 0.5) is 10.1 Å². The van der Waals surface area contributed by atoms with Crippen LogP contribution in [-0.4, -0.2) is 38.1 Å². The first kappa shape index (κ1) is 12.8. The largest absolute Gasteiger partial charge is 0.369 e. The van der Waals surface area contributed by atoms with E-state index in [1.807, 2.05) is 0 Å². The summed E-state index contributed by atoms with van der Waals surface area (Å²) in [5, 5.41) is 9.09. The van der Waals surface area contributed by atoms with Gasteiger partial charge in [-0.25, -0.2) is 4.39 Å². The normalized spacial score (nSPS) is 19.9. The standard InChI is InChI=1S/C14H18FN3/c1-17(2)13-4-3-7-18(10-13)14-6-5-12(15)8-11(14)9-16/h5-6,8,13H,3-4,7,10H2,1-2H3. The van der Waals surface area contributed by atoms with Gasteiger partial charge in [-0.2, -0.15) is 5.26 Å². The fraction of sp³-hybridized carbons (Fsp3) is 0.500. The van der Waals surface area contributed by atoms with Crippen molar-refractivity contribution in [1.82, 2.24) is 4.90 Å². The lowest BCUT2D eigenvalue weighted by atomic mass is 10.0. The van der Waals surface area contributed by atoms with E-state index in [4.69, 9.17) is 5.26 Å². The molecule has 0 spiro atoms. The van der Waals surface area contributed by atoms with Crippen molar-refractivity contribution in [3.05, 3.63) is 29.6 Å². The number of hydrogen-bond acceptors (Lipinski definition) is 3. The summed E-state index contributed by atoms with van der Waals surface area (Å²) < 4.78 is 13.1. The molecule has 0 bridgehead atoms. The van der Waals surface area contributed by atoms with Crippen LogP contribution in [0.15, 0.2) is 18.2 Å². The minimum atomic E-state index is -0.350. The summed E-state index contributed by atoms with van der Waals surface area (Å²) in [6.07, 6.45) is 2.28. The maximum Gasteiger partial charge on any atom is 0.124 e. The molecule has 1 aromatic rings. The molecule has 1 fully saturated rings. The fourth-order valence-electron chi connectivity index (χ4n) is 2.47. The Kier molecular flexibility index (Phi) is 3.83. The highest BCUT2D eigenvalue weighted by Crippen LogP contribution is 2.25. The quantitative estimate of drug-likeness (QED) is 0.803. The maximum atomic E-state index is 13.1. The number of nitriles is 1. The van der Waals surface area contributed by atoms with Crippen LogP contribution in [-0.2, 0) is 0 Å². The van der Waals surface area contributed by atoms with Crippen LogP contribution in [0.1, 0.15) is 18.4 Å². The summed E-state index contributed by atoms with van der Waals surface area (Å²) >= 11 is 0. The smallest absolute Gasteiger partial charge is 0.124 e. The summed E-state index contributed by atoms with van der Waals surface area (Å²) in [7, 11) is 4.15. The lowest BCUT2D eigenvalue weighted by molar-refractivity contribution is 0.258. The van der Waals surface area contributed by atoms with Crippen LogP contribution < -0.4 is 4.90 Å². The Bertz CT molecular complexity index is 465. The minimum Gasteiger partial charge on any atom is -0.369 e. The third-order valence-corrected chi connectivity index (χ3v) is 3.55. The minimum absolute atomic E-state index is 0.350. The second kappa shape index (κ2) is 5.36. The molecule has 4 heteroatoms. The Hall–Kier alpha value is -1.60. The fourth-order valence-corrected chi connectivity index (χ4v) is 2.47. The molecule has 1 aliphatic heterocycles. The zero-order valence-corrected chi connectivity index (χ0v) is 10.9. The molecule has 1 atom stereocenters. The zero-order chi connectivity index (χ0) is 13.1. The molecule has 0 saturated carbocycles. The molecule has 1 heterocycles. The number of hydrogen-bond donors (Lipinski definition) is 0. The second-order valence-electron chi connectivity index (χ2n) is 4.98. The summed E-state index contributed by atoms with van der Waals surface area (Å²) in [5.41, 5.74) is 1.28. The van der Waals surface area contributed by atoms with E-state index in [0.29, 0.717) is 11.6 Å². The van der Waals surface area contributed by atoms with Gasteiger partial charge in [-0.15, -0.1) is 0 Å². The van der Waals surface area contributed by atoms with Gasteiger partial charge >= 0.3 is 0 Å². The van der Waals surface area contributed by atoms with Crippen LogP contribution in [0.2, 0.25) is 0 Å². The van der Waals surface area contributed by atoms with E-state index in [9.17, 15) is 4.39 Å². The molecule has 0 aliphatic carbocycles. The molecule has 1 unspecified atom stereocenters. The molecular weight excluding hydrogens is 229 g/mol. The predicted octanol–water partition coefficient (Wildman–Crippen LogP) is 2.23. The van der Waals surface area contributed by atoms with Gasteiger partial charge in [0.05, 0.1) is 11.3 Å². The highest BCUT2D eigenvalue weighted by Gasteiger charge is 2.23. The van der Waals surface area contributed by atoms with E-state index in [1.54, 1.807) is 6.07 Å². The van der Waals surface area contributed by atoms with Crippen molar-refractivity contribution < 1.29 is 4.39 Å². The number of anilines is 1. The molecule has 1 saturated heterocycles. The molecule has 0 aromatic heterocycles. The van der Waals surface area contributed by atoms with Crippen LogP contribution in [0, 0.1) is 17.1 Å². The van der Waals surface area contributed by atoms with E-state index in [0.717, 1.165) is 25.2 Å². The highest BCUT2D eigenvalue weighted by atomic mass is 19.1. The molecular formula is C14H18FN3. The summed E-state index contributed by atoms with van der Waals surface area (Å²) in [6.45, 7) is 1.83. The van der Waals surface area contributed by atoms with E-state index in [1.165, 1.54) is 18.6 Å². The first-order valence-corrected chi connectivity index (χ1v) is 6.23. The summed E-state index contributed by atoms with van der Waals surface area (Å²) in [4.78, 5) is 4.40. The van der Waals surface area contributed by atoms with Crippen molar-refractivity contribution in [1.29, 1.82) is 5.26 Å². The highest BCUT2D eigenvalue weighted by molar-refractivity contribution is 5.59. The molecule has 18 heavy (non-hydrogen) atoms. The van der Waals surface area contributed by atoms with Crippen LogP contribution in [0.25, 0.3) is 0 Å². The second-order valence-corrected chi connectivity index (χ2v) is 4.98. The van der Waals surface area contributed by atoms with Crippen molar-refractivity contribution in [2.75, 3.05) is 32.1 Å². The van der Waals surface area contributed by atoms with Crippen molar-refractivity contribution in [3.8, 4) is 6.07 Å². The van der Waals surface area contributed by atoms with E-state index < -0.39 is 0 Å². The van der Waals surface area contributed by atoms with E-state index in [2.05, 4.69) is 30.0 Å². The molecule has 0 radical (unpaired) electrons. The Morgan fingerprint density at radius 3 is 2.89 bits per heavy atom. The number of halogens is 1. The van der Waals surface area contributed by atoms with Gasteiger partial charge in [-0.05, 0) is 45.1 Å². The first-order chi connectivity index (χ1) is 8.61. The van der Waals surface area contributed by atoms with Crippen LogP contribution in [0.5, 0.6) is 0 Å². The van der Waals surface area contributed by atoms with E-state index in [-0.39, 0.29) is 5.82 Å². The number of rotatable bonds is 2. The molecule has 1 aromatic carbocycles. The average molecular weight is 247 g/mol. The van der Waals surface area contributed by atoms with Crippen molar-refractivity contribution >= 4 is 5.69 Å². The Balaban J connectivity index is 2.23. The van der Waals surface area contributed by atoms with Crippen molar-refractivity contribution in [2.45, 2.75) is 18.9 Å². The number of likely N-dealkylation sites (N-methyl/N-ethyl adjacent to an activating group) is 1. The third kappa shape index (κ3) is 2.62. The number of benzene rings is 1. The zero-order valence-electron chi connectivity index (χ0n) is 10.9. The molecule has 1 aliphatic rings. The molecule has 3 nitrogen and oxygen atoms in total. The molecule has 0 amide bonds. The summed E-state index contributed by atoms with van der Waals surface area (Å²) in [5.74, 6) is -0.350. The van der Waals surface area contributed by atoms with Gasteiger partial charge in [-0.1, -0.05) is 0 Å². The monoisotopic (exact) mass is 247 g/mol. The maximum absolute atomic E-state index is 13.1. The number of piperidine rings is 1. The van der Waals surface area contributed by atoms with Crippen LogP contribution >= 0.6 is 0 Å².